The summed E-state index contributed by atoms with van der Waals surface area (Å²) in [5, 5.41) is 0. The fourth-order valence-electron chi connectivity index (χ4n) is 3.31. The molecule has 3 fully saturated rings. The lowest BCUT2D eigenvalue weighted by molar-refractivity contribution is -0.940. The average Bonchev–Trinajstić information content (AvgIpc) is 2.48. The number of hydrogen-bond donors (Lipinski definition) is 0. The first-order chi connectivity index (χ1) is 8.81. The summed E-state index contributed by atoms with van der Waals surface area (Å²) in [4.78, 5) is 5.15. The molecule has 0 amide bonds. The zero-order valence-electron chi connectivity index (χ0n) is 11.4. The van der Waals surface area contributed by atoms with E-state index in [0.29, 0.717) is 0 Å². The van der Waals surface area contributed by atoms with Gasteiger partial charge in [-0.15, -0.1) is 0 Å². The summed E-state index contributed by atoms with van der Waals surface area (Å²) in [6.07, 6.45) is 0. The SMILES string of the molecule is CCN(C[N+]12CCN(CC1)CC2)c1ccccc1. The minimum atomic E-state index is 1.10. The maximum absolute atomic E-state index is 2.61. The minimum absolute atomic E-state index is 1.10. The third kappa shape index (κ3) is 2.25. The van der Waals surface area contributed by atoms with Gasteiger partial charge in [0, 0.05) is 31.9 Å². The van der Waals surface area contributed by atoms with Gasteiger partial charge in [-0.25, -0.2) is 0 Å². The standard InChI is InChI=1S/C15H24N3/c1-2-17(15-6-4-3-5-7-15)14-18-11-8-16(9-12-18)10-13-18/h3-7H,2,8-14H2,1H3/q+1. The van der Waals surface area contributed by atoms with Crippen LogP contribution in [0.2, 0.25) is 0 Å². The van der Waals surface area contributed by atoms with E-state index in [2.05, 4.69) is 47.1 Å². The van der Waals surface area contributed by atoms with Crippen molar-refractivity contribution in [2.24, 2.45) is 0 Å². The van der Waals surface area contributed by atoms with Gasteiger partial charge in [-0.2, -0.15) is 0 Å². The van der Waals surface area contributed by atoms with Crippen LogP contribution in [0.3, 0.4) is 0 Å². The van der Waals surface area contributed by atoms with Gasteiger partial charge in [-0.05, 0) is 19.1 Å². The zero-order valence-corrected chi connectivity index (χ0v) is 11.4. The predicted molar refractivity (Wildman–Crippen MR) is 75.6 cm³/mol. The zero-order chi connectivity index (χ0) is 12.4. The van der Waals surface area contributed by atoms with E-state index < -0.39 is 0 Å². The Labute approximate surface area is 110 Å². The molecule has 0 aliphatic carbocycles. The molecule has 4 rings (SSSR count). The Kier molecular flexibility index (Phi) is 3.27. The molecule has 0 atom stereocenters. The van der Waals surface area contributed by atoms with Gasteiger partial charge in [0.15, 0.2) is 6.67 Å². The summed E-state index contributed by atoms with van der Waals surface area (Å²) in [7, 11) is 0. The molecule has 2 bridgehead atoms. The molecule has 18 heavy (non-hydrogen) atoms. The second-order valence-corrected chi connectivity index (χ2v) is 5.69. The van der Waals surface area contributed by atoms with Gasteiger partial charge in [-0.3, -0.25) is 4.90 Å². The van der Waals surface area contributed by atoms with E-state index in [9.17, 15) is 0 Å². The van der Waals surface area contributed by atoms with E-state index in [1.165, 1.54) is 56.1 Å². The number of piperazine rings is 3. The van der Waals surface area contributed by atoms with E-state index in [1.807, 2.05) is 0 Å². The highest BCUT2D eigenvalue weighted by molar-refractivity contribution is 5.45. The molecule has 0 spiro atoms. The monoisotopic (exact) mass is 246 g/mol. The topological polar surface area (TPSA) is 6.48 Å². The highest BCUT2D eigenvalue weighted by Gasteiger charge is 2.39. The van der Waals surface area contributed by atoms with Gasteiger partial charge in [-0.1, -0.05) is 18.2 Å². The lowest BCUT2D eigenvalue weighted by Crippen LogP contribution is -2.69. The number of fused-ring (bicyclic) bond motifs is 3. The Hall–Kier alpha value is -1.06. The van der Waals surface area contributed by atoms with Crippen molar-refractivity contribution in [1.29, 1.82) is 0 Å². The normalized spacial score (nSPS) is 30.4. The Morgan fingerprint density at radius 3 is 2.22 bits per heavy atom. The van der Waals surface area contributed by atoms with E-state index in [4.69, 9.17) is 0 Å². The molecule has 98 valence electrons. The first-order valence-electron chi connectivity index (χ1n) is 7.19. The Morgan fingerprint density at radius 1 is 1.06 bits per heavy atom. The molecule has 3 heterocycles. The van der Waals surface area contributed by atoms with Crippen molar-refractivity contribution in [1.82, 2.24) is 4.90 Å². The minimum Gasteiger partial charge on any atom is -0.325 e. The van der Waals surface area contributed by atoms with E-state index in [1.54, 1.807) is 0 Å². The Bertz CT molecular complexity index is 368. The van der Waals surface area contributed by atoms with Gasteiger partial charge < -0.3 is 9.38 Å². The smallest absolute Gasteiger partial charge is 0.154 e. The molecule has 1 aromatic carbocycles. The Morgan fingerprint density at radius 2 is 1.67 bits per heavy atom. The summed E-state index contributed by atoms with van der Waals surface area (Å²) in [6, 6.07) is 10.9. The number of anilines is 1. The second kappa shape index (κ2) is 4.90. The van der Waals surface area contributed by atoms with Gasteiger partial charge >= 0.3 is 0 Å². The molecule has 0 N–H and O–H groups in total. The van der Waals surface area contributed by atoms with Crippen LogP contribution in [0.15, 0.2) is 30.3 Å². The van der Waals surface area contributed by atoms with Gasteiger partial charge in [0.1, 0.15) is 0 Å². The maximum Gasteiger partial charge on any atom is 0.154 e. The van der Waals surface area contributed by atoms with Crippen LogP contribution < -0.4 is 4.90 Å². The number of para-hydroxylation sites is 1. The van der Waals surface area contributed by atoms with Crippen molar-refractivity contribution in [2.45, 2.75) is 6.92 Å². The highest BCUT2D eigenvalue weighted by Crippen LogP contribution is 2.23. The van der Waals surface area contributed by atoms with Crippen molar-refractivity contribution < 1.29 is 4.48 Å². The largest absolute Gasteiger partial charge is 0.325 e. The summed E-state index contributed by atoms with van der Waals surface area (Å²) in [5.41, 5.74) is 1.38. The summed E-state index contributed by atoms with van der Waals surface area (Å²) < 4.78 is 1.30. The van der Waals surface area contributed by atoms with Crippen LogP contribution in [0.25, 0.3) is 0 Å². The van der Waals surface area contributed by atoms with Crippen LogP contribution in [0.4, 0.5) is 5.69 Å². The summed E-state index contributed by atoms with van der Waals surface area (Å²) in [6.45, 7) is 12.5. The maximum atomic E-state index is 2.61. The third-order valence-electron chi connectivity index (χ3n) is 4.65. The van der Waals surface area contributed by atoms with Crippen LogP contribution in [0.5, 0.6) is 0 Å². The fraction of sp³-hybridized carbons (Fsp3) is 0.600. The lowest BCUT2D eigenvalue weighted by atomic mass is 10.1. The van der Waals surface area contributed by atoms with Gasteiger partial charge in [0.05, 0.1) is 19.6 Å². The first kappa shape index (κ1) is 12.0. The average molecular weight is 246 g/mol. The molecule has 0 radical (unpaired) electrons. The van der Waals surface area contributed by atoms with Crippen molar-refractivity contribution in [2.75, 3.05) is 57.4 Å². The molecule has 3 aliphatic rings. The van der Waals surface area contributed by atoms with Crippen molar-refractivity contribution in [3.8, 4) is 0 Å². The summed E-state index contributed by atoms with van der Waals surface area (Å²) in [5.74, 6) is 0. The fourth-order valence-corrected chi connectivity index (χ4v) is 3.31. The molecule has 0 aromatic heterocycles. The number of benzene rings is 1. The van der Waals surface area contributed by atoms with Gasteiger partial charge in [0.25, 0.3) is 0 Å². The highest BCUT2D eigenvalue weighted by atomic mass is 15.5. The van der Waals surface area contributed by atoms with Crippen molar-refractivity contribution in [3.05, 3.63) is 30.3 Å². The number of hydrogen-bond acceptors (Lipinski definition) is 2. The summed E-state index contributed by atoms with van der Waals surface area (Å²) >= 11 is 0. The molecule has 0 saturated carbocycles. The lowest BCUT2D eigenvalue weighted by Gasteiger charge is -2.52. The molecule has 3 heteroatoms. The number of quaternary nitrogens is 1. The van der Waals surface area contributed by atoms with Crippen LogP contribution in [0.1, 0.15) is 6.92 Å². The van der Waals surface area contributed by atoms with Crippen molar-refractivity contribution >= 4 is 5.69 Å². The van der Waals surface area contributed by atoms with Gasteiger partial charge in [0.2, 0.25) is 0 Å². The van der Waals surface area contributed by atoms with Crippen LogP contribution in [-0.2, 0) is 0 Å². The third-order valence-corrected chi connectivity index (χ3v) is 4.65. The van der Waals surface area contributed by atoms with Crippen LogP contribution >= 0.6 is 0 Å². The molecular formula is C15H24N3+. The quantitative estimate of drug-likeness (QED) is 0.745. The number of rotatable bonds is 4. The Balaban J connectivity index is 1.73. The van der Waals surface area contributed by atoms with E-state index >= 15 is 0 Å². The first-order valence-corrected chi connectivity index (χ1v) is 7.19. The second-order valence-electron chi connectivity index (χ2n) is 5.69. The molecule has 0 unspecified atom stereocenters. The van der Waals surface area contributed by atoms with Crippen LogP contribution in [0, 0.1) is 0 Å². The molecule has 3 aliphatic heterocycles. The van der Waals surface area contributed by atoms with Crippen LogP contribution in [-0.4, -0.2) is 61.9 Å². The number of nitrogens with zero attached hydrogens (tertiary/aromatic N) is 3. The van der Waals surface area contributed by atoms with Crippen molar-refractivity contribution in [3.63, 3.8) is 0 Å². The predicted octanol–water partition coefficient (Wildman–Crippen LogP) is 1.62. The van der Waals surface area contributed by atoms with E-state index in [0.717, 1.165) is 6.54 Å². The molecule has 3 saturated heterocycles. The molecular weight excluding hydrogens is 222 g/mol. The molecule has 1 aromatic rings. The molecule has 3 nitrogen and oxygen atoms in total. The van der Waals surface area contributed by atoms with E-state index in [-0.39, 0.29) is 0 Å².